The quantitative estimate of drug-likeness (QED) is 0.718. The zero-order valence-electron chi connectivity index (χ0n) is 8.30. The van der Waals surface area contributed by atoms with Crippen molar-refractivity contribution >= 4 is 5.82 Å². The van der Waals surface area contributed by atoms with Crippen LogP contribution in [0.3, 0.4) is 0 Å². The molecule has 0 saturated carbocycles. The Labute approximate surface area is 79.5 Å². The highest BCUT2D eigenvalue weighted by Crippen LogP contribution is 2.14. The van der Waals surface area contributed by atoms with E-state index >= 15 is 0 Å². The van der Waals surface area contributed by atoms with Gasteiger partial charge in [-0.1, -0.05) is 11.6 Å². The van der Waals surface area contributed by atoms with E-state index in [0.717, 1.165) is 24.0 Å². The largest absolute Gasteiger partial charge is 0.383 e. The van der Waals surface area contributed by atoms with Gasteiger partial charge in [0.15, 0.2) is 0 Å². The highest BCUT2D eigenvalue weighted by molar-refractivity contribution is 5.40. The minimum absolute atomic E-state index is 0.645. The van der Waals surface area contributed by atoms with Gasteiger partial charge in [-0.3, -0.25) is 0 Å². The number of aromatic nitrogens is 1. The van der Waals surface area contributed by atoms with E-state index in [-0.39, 0.29) is 0 Å². The van der Waals surface area contributed by atoms with Crippen LogP contribution in [0.2, 0.25) is 0 Å². The van der Waals surface area contributed by atoms with Crippen molar-refractivity contribution in [3.63, 3.8) is 0 Å². The van der Waals surface area contributed by atoms with Crippen LogP contribution in [0.25, 0.3) is 0 Å². The number of nitrogens with zero attached hydrogens (tertiary/aromatic N) is 1. The molecular formula is C11H16N2. The van der Waals surface area contributed by atoms with Crippen molar-refractivity contribution in [3.05, 3.63) is 35.5 Å². The van der Waals surface area contributed by atoms with Crippen LogP contribution in [0.5, 0.6) is 0 Å². The number of rotatable bonds is 3. The summed E-state index contributed by atoms with van der Waals surface area (Å²) in [6.45, 7) is 7.91. The van der Waals surface area contributed by atoms with E-state index in [1.54, 1.807) is 6.20 Å². The van der Waals surface area contributed by atoms with Gasteiger partial charge in [-0.25, -0.2) is 4.98 Å². The molecule has 13 heavy (non-hydrogen) atoms. The second kappa shape index (κ2) is 4.08. The van der Waals surface area contributed by atoms with Crippen LogP contribution in [-0.2, 0) is 6.42 Å². The van der Waals surface area contributed by atoms with Gasteiger partial charge in [-0.05, 0) is 37.8 Å². The molecule has 0 aliphatic heterocycles. The molecule has 0 fully saturated rings. The second-order valence-electron chi connectivity index (χ2n) is 3.51. The standard InChI is InChI=1S/C11H16N2/c1-8(2)4-5-10-6-9(3)7-13-11(10)12/h6-7H,1,4-5H2,2-3H3,(H2,12,13). The maximum atomic E-state index is 5.73. The lowest BCUT2D eigenvalue weighted by Gasteiger charge is -2.05. The van der Waals surface area contributed by atoms with Crippen molar-refractivity contribution in [2.45, 2.75) is 26.7 Å². The Morgan fingerprint density at radius 3 is 2.92 bits per heavy atom. The van der Waals surface area contributed by atoms with Gasteiger partial charge in [0.05, 0.1) is 0 Å². The molecule has 0 radical (unpaired) electrons. The molecule has 0 saturated heterocycles. The van der Waals surface area contributed by atoms with E-state index in [4.69, 9.17) is 5.73 Å². The first-order valence-corrected chi connectivity index (χ1v) is 4.45. The lowest BCUT2D eigenvalue weighted by molar-refractivity contribution is 0.938. The minimum Gasteiger partial charge on any atom is -0.383 e. The predicted octanol–water partition coefficient (Wildman–Crippen LogP) is 2.48. The van der Waals surface area contributed by atoms with Gasteiger partial charge in [0.2, 0.25) is 0 Å². The van der Waals surface area contributed by atoms with Crippen molar-refractivity contribution < 1.29 is 0 Å². The van der Waals surface area contributed by atoms with Crippen LogP contribution in [-0.4, -0.2) is 4.98 Å². The molecule has 0 aromatic carbocycles. The van der Waals surface area contributed by atoms with E-state index in [2.05, 4.69) is 17.6 Å². The Hall–Kier alpha value is -1.31. The average molecular weight is 176 g/mol. The minimum atomic E-state index is 0.645. The van der Waals surface area contributed by atoms with Gasteiger partial charge >= 0.3 is 0 Å². The molecule has 1 rings (SSSR count). The normalized spacial score (nSPS) is 10.0. The van der Waals surface area contributed by atoms with Crippen molar-refractivity contribution in [2.24, 2.45) is 0 Å². The fourth-order valence-electron chi connectivity index (χ4n) is 1.19. The molecule has 0 atom stereocenters. The van der Waals surface area contributed by atoms with Crippen LogP contribution in [0.15, 0.2) is 24.4 Å². The summed E-state index contributed by atoms with van der Waals surface area (Å²) in [5, 5.41) is 0. The first kappa shape index (κ1) is 9.78. The van der Waals surface area contributed by atoms with Gasteiger partial charge in [-0.2, -0.15) is 0 Å². The van der Waals surface area contributed by atoms with Crippen LogP contribution >= 0.6 is 0 Å². The van der Waals surface area contributed by atoms with Crippen LogP contribution in [0, 0.1) is 6.92 Å². The van der Waals surface area contributed by atoms with Gasteiger partial charge < -0.3 is 5.73 Å². The Balaban J connectivity index is 2.75. The molecule has 0 spiro atoms. The van der Waals surface area contributed by atoms with Crippen molar-refractivity contribution in [1.29, 1.82) is 0 Å². The molecule has 1 aromatic heterocycles. The summed E-state index contributed by atoms with van der Waals surface area (Å²) in [7, 11) is 0. The summed E-state index contributed by atoms with van der Waals surface area (Å²) in [4.78, 5) is 4.10. The molecule has 0 aliphatic carbocycles. The molecule has 0 bridgehead atoms. The lowest BCUT2D eigenvalue weighted by Crippen LogP contribution is -1.98. The maximum Gasteiger partial charge on any atom is 0.126 e. The summed E-state index contributed by atoms with van der Waals surface area (Å²) < 4.78 is 0. The third-order valence-electron chi connectivity index (χ3n) is 1.96. The first-order chi connectivity index (χ1) is 6.09. The van der Waals surface area contributed by atoms with Crippen LogP contribution in [0.4, 0.5) is 5.82 Å². The number of nitrogen functional groups attached to an aromatic ring is 1. The molecule has 1 aromatic rings. The summed E-state index contributed by atoms with van der Waals surface area (Å²) in [5.74, 6) is 0.645. The van der Waals surface area contributed by atoms with Gasteiger partial charge in [0, 0.05) is 6.20 Å². The zero-order chi connectivity index (χ0) is 9.84. The molecule has 2 N–H and O–H groups in total. The second-order valence-corrected chi connectivity index (χ2v) is 3.51. The molecular weight excluding hydrogens is 160 g/mol. The number of aryl methyl sites for hydroxylation is 2. The van der Waals surface area contributed by atoms with Gasteiger partial charge in [0.25, 0.3) is 0 Å². The SMILES string of the molecule is C=C(C)CCc1cc(C)cnc1N. The number of nitrogens with two attached hydrogens (primary N) is 1. The van der Waals surface area contributed by atoms with Gasteiger partial charge in [-0.15, -0.1) is 6.58 Å². The zero-order valence-corrected chi connectivity index (χ0v) is 8.30. The first-order valence-electron chi connectivity index (χ1n) is 4.45. The summed E-state index contributed by atoms with van der Waals surface area (Å²) in [5.41, 5.74) is 9.20. The molecule has 70 valence electrons. The number of hydrogen-bond acceptors (Lipinski definition) is 2. The molecule has 2 nitrogen and oxygen atoms in total. The predicted molar refractivity (Wildman–Crippen MR) is 56.5 cm³/mol. The monoisotopic (exact) mass is 176 g/mol. The Morgan fingerprint density at radius 1 is 1.62 bits per heavy atom. The van der Waals surface area contributed by atoms with Crippen molar-refractivity contribution in [2.75, 3.05) is 5.73 Å². The topological polar surface area (TPSA) is 38.9 Å². The molecule has 2 heteroatoms. The smallest absolute Gasteiger partial charge is 0.126 e. The van der Waals surface area contributed by atoms with E-state index in [1.807, 2.05) is 13.8 Å². The Kier molecular flexibility index (Phi) is 3.07. The summed E-state index contributed by atoms with van der Waals surface area (Å²) in [6, 6.07) is 2.09. The third-order valence-corrected chi connectivity index (χ3v) is 1.96. The number of hydrogen-bond donors (Lipinski definition) is 1. The fourth-order valence-corrected chi connectivity index (χ4v) is 1.19. The maximum absolute atomic E-state index is 5.73. The number of pyridine rings is 1. The Morgan fingerprint density at radius 2 is 2.31 bits per heavy atom. The molecule has 0 unspecified atom stereocenters. The van der Waals surface area contributed by atoms with E-state index < -0.39 is 0 Å². The van der Waals surface area contributed by atoms with Gasteiger partial charge in [0.1, 0.15) is 5.82 Å². The van der Waals surface area contributed by atoms with Crippen molar-refractivity contribution in [3.8, 4) is 0 Å². The van der Waals surface area contributed by atoms with Crippen molar-refractivity contribution in [1.82, 2.24) is 4.98 Å². The van der Waals surface area contributed by atoms with E-state index in [1.165, 1.54) is 5.57 Å². The highest BCUT2D eigenvalue weighted by atomic mass is 14.8. The summed E-state index contributed by atoms with van der Waals surface area (Å²) >= 11 is 0. The molecule has 1 heterocycles. The fraction of sp³-hybridized carbons (Fsp3) is 0.364. The highest BCUT2D eigenvalue weighted by Gasteiger charge is 2.00. The van der Waals surface area contributed by atoms with Crippen LogP contribution < -0.4 is 5.73 Å². The Bertz CT molecular complexity index is 316. The van der Waals surface area contributed by atoms with E-state index in [9.17, 15) is 0 Å². The van der Waals surface area contributed by atoms with E-state index in [0.29, 0.717) is 5.82 Å². The lowest BCUT2D eigenvalue weighted by atomic mass is 10.1. The molecule has 0 aliphatic rings. The number of allylic oxidation sites excluding steroid dienone is 1. The number of anilines is 1. The van der Waals surface area contributed by atoms with Crippen LogP contribution in [0.1, 0.15) is 24.5 Å². The summed E-state index contributed by atoms with van der Waals surface area (Å²) in [6.07, 6.45) is 3.71. The molecule has 0 amide bonds. The third kappa shape index (κ3) is 2.90. The average Bonchev–Trinajstić information content (AvgIpc) is 2.06.